The van der Waals surface area contributed by atoms with Crippen molar-refractivity contribution in [3.8, 4) is 0 Å². The van der Waals surface area contributed by atoms with Crippen LogP contribution in [0.15, 0.2) is 0 Å². The van der Waals surface area contributed by atoms with Crippen molar-refractivity contribution in [2.75, 3.05) is 0 Å². The molecule has 0 heterocycles. The van der Waals surface area contributed by atoms with Crippen LogP contribution in [0, 0.1) is 5.41 Å². The minimum absolute atomic E-state index is 0. The molecule has 5 heteroatoms. The first-order chi connectivity index (χ1) is 5.77. The second kappa shape index (κ2) is 5.25. The largest absolute Gasteiger partial charge is 0.298 e. The normalized spacial score (nSPS) is 10.0. The van der Waals surface area contributed by atoms with E-state index in [0.717, 1.165) is 27.7 Å². The minimum atomic E-state index is -2.06. The van der Waals surface area contributed by atoms with E-state index < -0.39 is 28.5 Å². The Bertz CT molecular complexity index is 232. The Morgan fingerprint density at radius 2 is 0.786 bits per heavy atom. The maximum absolute atomic E-state index is 11.1. The number of hydrogen-bond donors (Lipinski definition) is 0. The molecule has 0 atom stereocenters. The fourth-order valence-electron chi connectivity index (χ4n) is 1.49. The Labute approximate surface area is 95.2 Å². The number of carbonyl (C=O) groups excluding carboxylic acids is 4. The van der Waals surface area contributed by atoms with Crippen LogP contribution in [0.4, 0.5) is 0 Å². The van der Waals surface area contributed by atoms with Gasteiger partial charge in [-0.1, -0.05) is 0 Å². The third-order valence-corrected chi connectivity index (χ3v) is 2.11. The van der Waals surface area contributed by atoms with Crippen LogP contribution in [-0.4, -0.2) is 23.1 Å². The molecule has 0 bridgehead atoms. The Hall–Kier alpha value is -0.697. The molecule has 0 aromatic rings. The zero-order valence-electron chi connectivity index (χ0n) is 8.49. The van der Waals surface area contributed by atoms with Crippen LogP contribution in [0.2, 0.25) is 0 Å². The molecular formula is C9H12O4Ru. The topological polar surface area (TPSA) is 68.3 Å². The number of hydrogen-bond acceptors (Lipinski definition) is 4. The number of Topliss-reactive ketones (excluding diaryl/α,β-unsaturated/α-hetero) is 4. The monoisotopic (exact) mass is 286 g/mol. The first-order valence-electron chi connectivity index (χ1n) is 3.82. The first-order valence-corrected chi connectivity index (χ1v) is 3.82. The Morgan fingerprint density at radius 3 is 0.786 bits per heavy atom. The molecule has 0 N–H and O–H groups in total. The zero-order valence-corrected chi connectivity index (χ0v) is 10.2. The van der Waals surface area contributed by atoms with Gasteiger partial charge in [0.1, 0.15) is 0 Å². The summed E-state index contributed by atoms with van der Waals surface area (Å²) in [6.45, 7) is 4.29. The Morgan fingerprint density at radius 1 is 0.643 bits per heavy atom. The van der Waals surface area contributed by atoms with Crippen molar-refractivity contribution in [3.05, 3.63) is 0 Å². The van der Waals surface area contributed by atoms with Crippen LogP contribution in [0.1, 0.15) is 27.7 Å². The molecule has 0 amide bonds. The van der Waals surface area contributed by atoms with Crippen molar-refractivity contribution in [2.45, 2.75) is 27.7 Å². The summed E-state index contributed by atoms with van der Waals surface area (Å²) < 4.78 is 0. The molecule has 0 spiro atoms. The summed E-state index contributed by atoms with van der Waals surface area (Å²) in [5.74, 6) is -2.83. The van der Waals surface area contributed by atoms with Gasteiger partial charge in [-0.15, -0.1) is 0 Å². The number of rotatable bonds is 4. The summed E-state index contributed by atoms with van der Waals surface area (Å²) >= 11 is 0. The molecule has 0 aromatic heterocycles. The van der Waals surface area contributed by atoms with Crippen LogP contribution < -0.4 is 0 Å². The van der Waals surface area contributed by atoms with Gasteiger partial charge in [0, 0.05) is 19.5 Å². The fourth-order valence-corrected chi connectivity index (χ4v) is 1.49. The van der Waals surface area contributed by atoms with Crippen LogP contribution in [0.3, 0.4) is 0 Å². The van der Waals surface area contributed by atoms with E-state index >= 15 is 0 Å². The average molecular weight is 285 g/mol. The van der Waals surface area contributed by atoms with E-state index in [-0.39, 0.29) is 19.5 Å². The summed E-state index contributed by atoms with van der Waals surface area (Å²) in [5, 5.41) is 0. The molecule has 0 aliphatic heterocycles. The number of ketones is 4. The second-order valence-corrected chi connectivity index (χ2v) is 2.97. The van der Waals surface area contributed by atoms with Crippen LogP contribution in [0.5, 0.6) is 0 Å². The van der Waals surface area contributed by atoms with Crippen LogP contribution >= 0.6 is 0 Å². The van der Waals surface area contributed by atoms with Crippen LogP contribution in [0.25, 0.3) is 0 Å². The Balaban J connectivity index is 0. The van der Waals surface area contributed by atoms with E-state index in [1.807, 2.05) is 0 Å². The standard InChI is InChI=1S/C9H12O4.Ru/c1-5(10)9(6(2)11,7(3)12)8(4)13;/h1-4H3;. The Kier molecular flexibility index (Phi) is 5.91. The molecule has 4 nitrogen and oxygen atoms in total. The van der Waals surface area contributed by atoms with E-state index in [9.17, 15) is 19.2 Å². The van der Waals surface area contributed by atoms with Gasteiger partial charge in [-0.05, 0) is 27.7 Å². The quantitative estimate of drug-likeness (QED) is 0.551. The maximum Gasteiger partial charge on any atom is 0.202 e. The molecule has 0 saturated heterocycles. The van der Waals surface area contributed by atoms with Gasteiger partial charge in [-0.3, -0.25) is 19.2 Å². The van der Waals surface area contributed by atoms with E-state index in [2.05, 4.69) is 0 Å². The summed E-state index contributed by atoms with van der Waals surface area (Å²) in [6.07, 6.45) is 0. The van der Waals surface area contributed by atoms with Gasteiger partial charge < -0.3 is 0 Å². The van der Waals surface area contributed by atoms with Gasteiger partial charge >= 0.3 is 0 Å². The molecule has 0 rings (SSSR count). The van der Waals surface area contributed by atoms with E-state index in [1.165, 1.54) is 0 Å². The molecule has 0 aromatic carbocycles. The SMILES string of the molecule is CC(=O)C(C(C)=O)(C(C)=O)C(C)=O.[Ru]. The van der Waals surface area contributed by atoms with Gasteiger partial charge in [0.25, 0.3) is 0 Å². The van der Waals surface area contributed by atoms with Gasteiger partial charge in [0.2, 0.25) is 5.41 Å². The predicted molar refractivity (Wildman–Crippen MR) is 45.2 cm³/mol. The van der Waals surface area contributed by atoms with E-state index in [4.69, 9.17) is 0 Å². The minimum Gasteiger partial charge on any atom is -0.298 e. The predicted octanol–water partition coefficient (Wildman–Crippen LogP) is 0.326. The van der Waals surface area contributed by atoms with Crippen molar-refractivity contribution in [3.63, 3.8) is 0 Å². The molecule has 0 saturated carbocycles. The third kappa shape index (κ3) is 2.21. The average Bonchev–Trinajstić information content (AvgIpc) is 1.82. The molecule has 0 radical (unpaired) electrons. The van der Waals surface area contributed by atoms with Crippen molar-refractivity contribution in [1.29, 1.82) is 0 Å². The maximum atomic E-state index is 11.1. The molecule has 0 fully saturated rings. The van der Waals surface area contributed by atoms with Crippen molar-refractivity contribution >= 4 is 23.1 Å². The molecule has 0 unspecified atom stereocenters. The smallest absolute Gasteiger partial charge is 0.202 e. The molecule has 14 heavy (non-hydrogen) atoms. The molecule has 0 aliphatic carbocycles. The van der Waals surface area contributed by atoms with Crippen molar-refractivity contribution < 1.29 is 38.7 Å². The van der Waals surface area contributed by atoms with Gasteiger partial charge in [-0.2, -0.15) is 0 Å². The second-order valence-electron chi connectivity index (χ2n) is 2.97. The third-order valence-electron chi connectivity index (χ3n) is 2.11. The fraction of sp³-hybridized carbons (Fsp3) is 0.556. The van der Waals surface area contributed by atoms with E-state index in [0.29, 0.717) is 0 Å². The van der Waals surface area contributed by atoms with E-state index in [1.54, 1.807) is 0 Å². The van der Waals surface area contributed by atoms with Gasteiger partial charge in [0.15, 0.2) is 23.1 Å². The molecule has 0 aliphatic rings. The van der Waals surface area contributed by atoms with Crippen molar-refractivity contribution in [1.82, 2.24) is 0 Å². The summed E-state index contributed by atoms with van der Waals surface area (Å²) in [7, 11) is 0. The van der Waals surface area contributed by atoms with Gasteiger partial charge in [-0.25, -0.2) is 0 Å². The summed E-state index contributed by atoms with van der Waals surface area (Å²) in [6, 6.07) is 0. The molecule has 80 valence electrons. The van der Waals surface area contributed by atoms with Gasteiger partial charge in [0.05, 0.1) is 0 Å². The van der Waals surface area contributed by atoms with Crippen LogP contribution in [-0.2, 0) is 38.7 Å². The summed E-state index contributed by atoms with van der Waals surface area (Å²) in [5.41, 5.74) is -2.06. The first kappa shape index (κ1) is 15.8. The molecular weight excluding hydrogens is 273 g/mol. The van der Waals surface area contributed by atoms with Crippen molar-refractivity contribution in [2.24, 2.45) is 5.41 Å². The number of carbonyl (C=O) groups is 4. The summed E-state index contributed by atoms with van der Waals surface area (Å²) in [4.78, 5) is 44.5. The zero-order chi connectivity index (χ0) is 10.8.